The summed E-state index contributed by atoms with van der Waals surface area (Å²) >= 11 is 0. The van der Waals surface area contributed by atoms with E-state index in [1.165, 1.54) is 7.11 Å². The molecule has 0 bridgehead atoms. The topological polar surface area (TPSA) is 126 Å². The Morgan fingerprint density at radius 3 is 2.41 bits per heavy atom. The maximum Gasteiger partial charge on any atom is 0.331 e. The van der Waals surface area contributed by atoms with Gasteiger partial charge in [0.15, 0.2) is 6.29 Å². The quantitative estimate of drug-likeness (QED) is 0.389. The molecule has 0 aromatic rings. The van der Waals surface area contributed by atoms with Gasteiger partial charge < -0.3 is 34.6 Å². The molecule has 1 saturated heterocycles. The van der Waals surface area contributed by atoms with Crippen molar-refractivity contribution in [2.45, 2.75) is 30.7 Å². The Hall–Kier alpha value is -0.770. The minimum atomic E-state index is -1.52. The molecule has 0 saturated carbocycles. The van der Waals surface area contributed by atoms with Crippen molar-refractivity contribution in [1.29, 1.82) is 0 Å². The first-order valence-electron chi connectivity index (χ1n) is 5.00. The highest BCUT2D eigenvalue weighted by Crippen LogP contribution is 2.21. The zero-order valence-corrected chi connectivity index (χ0v) is 9.22. The second-order valence-corrected chi connectivity index (χ2v) is 3.58. The van der Waals surface area contributed by atoms with E-state index in [1.807, 2.05) is 0 Å². The van der Waals surface area contributed by atoms with Gasteiger partial charge in [0, 0.05) is 0 Å². The molecule has 100 valence electrons. The third kappa shape index (κ3) is 3.35. The fourth-order valence-electron chi connectivity index (χ4n) is 1.41. The number of aliphatic hydroxyl groups is 4. The van der Waals surface area contributed by atoms with Crippen LogP contribution in [0.5, 0.6) is 0 Å². The molecule has 0 amide bonds. The van der Waals surface area contributed by atoms with Crippen LogP contribution >= 0.6 is 0 Å². The smallest absolute Gasteiger partial charge is 0.331 e. The molecule has 0 aromatic heterocycles. The highest BCUT2D eigenvalue weighted by atomic mass is 16.7. The van der Waals surface area contributed by atoms with Crippen LogP contribution in [-0.4, -0.2) is 77.4 Å². The van der Waals surface area contributed by atoms with E-state index in [9.17, 15) is 20.1 Å². The lowest BCUT2D eigenvalue weighted by atomic mass is 9.99. The van der Waals surface area contributed by atoms with E-state index in [4.69, 9.17) is 14.6 Å². The number of ether oxygens (including phenoxy) is 3. The molecule has 0 spiro atoms. The largest absolute Gasteiger partial charge is 0.467 e. The average molecular weight is 252 g/mol. The SMILES string of the molecule is COC(=O)CO[C@@H]1OC(CO)[C@H](O)[C@H](O)C1O. The second-order valence-electron chi connectivity index (χ2n) is 3.58. The summed E-state index contributed by atoms with van der Waals surface area (Å²) in [6.07, 6.45) is -6.87. The highest BCUT2D eigenvalue weighted by molar-refractivity contribution is 5.70. The first kappa shape index (κ1) is 14.3. The zero-order valence-electron chi connectivity index (χ0n) is 9.22. The molecule has 17 heavy (non-hydrogen) atoms. The third-order valence-electron chi connectivity index (χ3n) is 2.44. The van der Waals surface area contributed by atoms with Crippen LogP contribution in [0.15, 0.2) is 0 Å². The first-order valence-corrected chi connectivity index (χ1v) is 5.00. The van der Waals surface area contributed by atoms with E-state index in [2.05, 4.69) is 4.74 Å². The van der Waals surface area contributed by atoms with E-state index in [1.54, 1.807) is 0 Å². The molecule has 1 aliphatic heterocycles. The average Bonchev–Trinajstić information content (AvgIpc) is 2.34. The van der Waals surface area contributed by atoms with Gasteiger partial charge in [0.05, 0.1) is 13.7 Å². The normalized spacial score (nSPS) is 37.8. The van der Waals surface area contributed by atoms with Gasteiger partial charge in [0.1, 0.15) is 31.0 Å². The van der Waals surface area contributed by atoms with Gasteiger partial charge in [-0.1, -0.05) is 0 Å². The van der Waals surface area contributed by atoms with Crippen molar-refractivity contribution in [1.82, 2.24) is 0 Å². The van der Waals surface area contributed by atoms with Crippen molar-refractivity contribution in [3.63, 3.8) is 0 Å². The number of carbonyl (C=O) groups excluding carboxylic acids is 1. The van der Waals surface area contributed by atoms with Crippen LogP contribution in [0.3, 0.4) is 0 Å². The highest BCUT2D eigenvalue weighted by Gasteiger charge is 2.44. The number of hydrogen-bond acceptors (Lipinski definition) is 8. The summed E-state index contributed by atoms with van der Waals surface area (Å²) in [6, 6.07) is 0. The number of hydrogen-bond donors (Lipinski definition) is 4. The van der Waals surface area contributed by atoms with Gasteiger partial charge in [-0.25, -0.2) is 4.79 Å². The molecule has 1 rings (SSSR count). The van der Waals surface area contributed by atoms with E-state index in [-0.39, 0.29) is 0 Å². The molecular weight excluding hydrogens is 236 g/mol. The molecule has 0 aliphatic carbocycles. The Kier molecular flexibility index (Phi) is 5.25. The maximum absolute atomic E-state index is 10.8. The number of esters is 1. The Morgan fingerprint density at radius 1 is 1.24 bits per heavy atom. The van der Waals surface area contributed by atoms with E-state index < -0.39 is 49.9 Å². The maximum atomic E-state index is 10.8. The molecule has 5 atom stereocenters. The Bertz CT molecular complexity index is 255. The predicted molar refractivity (Wildman–Crippen MR) is 51.7 cm³/mol. The van der Waals surface area contributed by atoms with Crippen molar-refractivity contribution in [3.05, 3.63) is 0 Å². The monoisotopic (exact) mass is 252 g/mol. The minimum absolute atomic E-state index is 0.473. The number of methoxy groups -OCH3 is 1. The summed E-state index contributed by atoms with van der Waals surface area (Å²) < 4.78 is 14.2. The fraction of sp³-hybridized carbons (Fsp3) is 0.889. The van der Waals surface area contributed by atoms with Gasteiger partial charge in [-0.3, -0.25) is 0 Å². The van der Waals surface area contributed by atoms with Gasteiger partial charge >= 0.3 is 5.97 Å². The van der Waals surface area contributed by atoms with Crippen LogP contribution in [0.2, 0.25) is 0 Å². The Morgan fingerprint density at radius 2 is 1.88 bits per heavy atom. The standard InChI is InChI=1S/C9H16O8/c1-15-5(11)3-16-9-8(14)7(13)6(12)4(2-10)17-9/h4,6-10,12-14H,2-3H2,1H3/t4?,6-,7-,8?,9+/m0/s1. The molecule has 0 aromatic carbocycles. The lowest BCUT2D eigenvalue weighted by Crippen LogP contribution is -2.59. The molecule has 2 unspecified atom stereocenters. The van der Waals surface area contributed by atoms with E-state index in [0.29, 0.717) is 0 Å². The van der Waals surface area contributed by atoms with Crippen molar-refractivity contribution >= 4 is 5.97 Å². The lowest BCUT2D eigenvalue weighted by Gasteiger charge is -2.39. The fourth-order valence-corrected chi connectivity index (χ4v) is 1.41. The van der Waals surface area contributed by atoms with E-state index >= 15 is 0 Å². The van der Waals surface area contributed by atoms with Gasteiger partial charge in [-0.05, 0) is 0 Å². The summed E-state index contributed by atoms with van der Waals surface area (Å²) in [5.41, 5.74) is 0. The number of aliphatic hydroxyl groups excluding tert-OH is 4. The minimum Gasteiger partial charge on any atom is -0.467 e. The molecule has 1 fully saturated rings. The van der Waals surface area contributed by atoms with Crippen LogP contribution in [0.4, 0.5) is 0 Å². The molecule has 4 N–H and O–H groups in total. The Balaban J connectivity index is 2.56. The van der Waals surface area contributed by atoms with Gasteiger partial charge in [0.25, 0.3) is 0 Å². The molecule has 1 heterocycles. The first-order chi connectivity index (χ1) is 8.01. The zero-order chi connectivity index (χ0) is 13.0. The second kappa shape index (κ2) is 6.24. The predicted octanol–water partition coefficient (Wildman–Crippen LogP) is -3.02. The summed E-state index contributed by atoms with van der Waals surface area (Å²) in [4.78, 5) is 10.8. The van der Waals surface area contributed by atoms with Crippen LogP contribution in [0, 0.1) is 0 Å². The van der Waals surface area contributed by atoms with Crippen LogP contribution in [-0.2, 0) is 19.0 Å². The Labute approximate surface area is 97.3 Å². The number of rotatable bonds is 4. The molecular formula is C9H16O8. The molecule has 8 heteroatoms. The van der Waals surface area contributed by atoms with Gasteiger partial charge in [-0.15, -0.1) is 0 Å². The van der Waals surface area contributed by atoms with Crippen LogP contribution < -0.4 is 0 Å². The van der Waals surface area contributed by atoms with Crippen molar-refractivity contribution in [2.75, 3.05) is 20.3 Å². The van der Waals surface area contributed by atoms with Crippen molar-refractivity contribution in [3.8, 4) is 0 Å². The summed E-state index contributed by atoms with van der Waals surface area (Å²) in [5, 5.41) is 37.3. The van der Waals surface area contributed by atoms with E-state index in [0.717, 1.165) is 0 Å². The molecule has 1 aliphatic rings. The van der Waals surface area contributed by atoms with Crippen LogP contribution in [0.1, 0.15) is 0 Å². The van der Waals surface area contributed by atoms with Crippen molar-refractivity contribution < 1.29 is 39.4 Å². The molecule has 0 radical (unpaired) electrons. The number of carbonyl (C=O) groups is 1. The molecule has 8 nitrogen and oxygen atoms in total. The summed E-state index contributed by atoms with van der Waals surface area (Å²) in [6.45, 7) is -1.03. The van der Waals surface area contributed by atoms with Crippen molar-refractivity contribution in [2.24, 2.45) is 0 Å². The summed E-state index contributed by atoms with van der Waals surface area (Å²) in [7, 11) is 1.17. The van der Waals surface area contributed by atoms with Crippen LogP contribution in [0.25, 0.3) is 0 Å². The van der Waals surface area contributed by atoms with Gasteiger partial charge in [-0.2, -0.15) is 0 Å². The third-order valence-corrected chi connectivity index (χ3v) is 2.44. The van der Waals surface area contributed by atoms with Gasteiger partial charge in [0.2, 0.25) is 0 Å². The summed E-state index contributed by atoms with van der Waals surface area (Å²) in [5.74, 6) is -0.679. The lowest BCUT2D eigenvalue weighted by molar-refractivity contribution is -0.300.